The Balaban J connectivity index is 1.61. The zero-order valence-corrected chi connectivity index (χ0v) is 19.4. The van der Waals surface area contributed by atoms with Crippen LogP contribution < -0.4 is 0 Å². The van der Waals surface area contributed by atoms with Crippen LogP contribution in [0.15, 0.2) is 79.0 Å². The third-order valence-corrected chi connectivity index (χ3v) is 5.41. The van der Waals surface area contributed by atoms with Gasteiger partial charge in [0.1, 0.15) is 5.69 Å². The number of rotatable bonds is 7. The highest BCUT2D eigenvalue weighted by Gasteiger charge is 2.20. The molecule has 0 unspecified atom stereocenters. The number of hydrogen-bond acceptors (Lipinski definition) is 5. The largest absolute Gasteiger partial charge is 0.462 e. The van der Waals surface area contributed by atoms with Crippen LogP contribution in [0.5, 0.6) is 0 Å². The van der Waals surface area contributed by atoms with Gasteiger partial charge in [0.15, 0.2) is 0 Å². The molecule has 0 aliphatic carbocycles. The quantitative estimate of drug-likeness (QED) is 0.379. The minimum atomic E-state index is -0.444. The first-order valence-electron chi connectivity index (χ1n) is 11.1. The van der Waals surface area contributed by atoms with Crippen molar-refractivity contribution in [1.82, 2.24) is 19.7 Å². The van der Waals surface area contributed by atoms with E-state index in [0.29, 0.717) is 17.8 Å². The van der Waals surface area contributed by atoms with E-state index in [0.717, 1.165) is 22.5 Å². The number of carbonyl (C=O) groups excluding carboxylic acids is 2. The summed E-state index contributed by atoms with van der Waals surface area (Å²) in [6.07, 6.45) is 1.95. The molecule has 7 nitrogen and oxygen atoms in total. The van der Waals surface area contributed by atoms with E-state index in [1.807, 2.05) is 71.5 Å². The SMILES string of the molecule is CCOC(=O)c1ccc(C(=O)N(C)Cc2cn(-c3ccccc3)nc2-c2ccccc2)nc1C. The Morgan fingerprint density at radius 1 is 0.971 bits per heavy atom. The Hall–Kier alpha value is -4.26. The summed E-state index contributed by atoms with van der Waals surface area (Å²) in [5, 5.41) is 4.81. The predicted molar refractivity (Wildman–Crippen MR) is 130 cm³/mol. The van der Waals surface area contributed by atoms with Gasteiger partial charge in [-0.3, -0.25) is 4.79 Å². The minimum absolute atomic E-state index is 0.245. The van der Waals surface area contributed by atoms with Crippen LogP contribution >= 0.6 is 0 Å². The van der Waals surface area contributed by atoms with E-state index in [4.69, 9.17) is 9.84 Å². The van der Waals surface area contributed by atoms with Gasteiger partial charge in [0.25, 0.3) is 5.91 Å². The Bertz CT molecular complexity index is 1300. The Morgan fingerprint density at radius 3 is 2.29 bits per heavy atom. The van der Waals surface area contributed by atoms with Gasteiger partial charge in [0.2, 0.25) is 0 Å². The third kappa shape index (κ3) is 4.88. The molecule has 2 aromatic heterocycles. The monoisotopic (exact) mass is 454 g/mol. The van der Waals surface area contributed by atoms with Crippen molar-refractivity contribution in [2.45, 2.75) is 20.4 Å². The van der Waals surface area contributed by atoms with E-state index in [-0.39, 0.29) is 18.2 Å². The zero-order chi connectivity index (χ0) is 24.1. The van der Waals surface area contributed by atoms with Crippen LogP contribution in [0.25, 0.3) is 16.9 Å². The lowest BCUT2D eigenvalue weighted by molar-refractivity contribution is 0.0524. The summed E-state index contributed by atoms with van der Waals surface area (Å²) in [7, 11) is 1.73. The molecule has 172 valence electrons. The van der Waals surface area contributed by atoms with Gasteiger partial charge in [-0.25, -0.2) is 14.5 Å². The summed E-state index contributed by atoms with van der Waals surface area (Å²) < 4.78 is 6.87. The number of pyridine rings is 1. The van der Waals surface area contributed by atoms with E-state index >= 15 is 0 Å². The second-order valence-corrected chi connectivity index (χ2v) is 7.86. The lowest BCUT2D eigenvalue weighted by Gasteiger charge is -2.17. The van der Waals surface area contributed by atoms with Crippen molar-refractivity contribution in [3.05, 3.63) is 102 Å². The summed E-state index contributed by atoms with van der Waals surface area (Å²) in [6.45, 7) is 4.07. The van der Waals surface area contributed by atoms with Gasteiger partial charge in [0.05, 0.1) is 29.2 Å². The molecule has 1 amide bonds. The summed E-state index contributed by atoms with van der Waals surface area (Å²) in [5.74, 6) is -0.689. The maximum atomic E-state index is 13.2. The van der Waals surface area contributed by atoms with Crippen molar-refractivity contribution >= 4 is 11.9 Å². The molecule has 34 heavy (non-hydrogen) atoms. The minimum Gasteiger partial charge on any atom is -0.462 e. The number of aryl methyl sites for hydroxylation is 1. The van der Waals surface area contributed by atoms with Crippen molar-refractivity contribution in [3.63, 3.8) is 0 Å². The number of aromatic nitrogens is 3. The van der Waals surface area contributed by atoms with Crippen LogP contribution in [0.1, 0.15) is 39.0 Å². The molecule has 0 aliphatic rings. The highest BCUT2D eigenvalue weighted by molar-refractivity contribution is 5.95. The van der Waals surface area contributed by atoms with Crippen LogP contribution in [0.3, 0.4) is 0 Å². The first kappa shape index (κ1) is 22.9. The summed E-state index contributed by atoms with van der Waals surface area (Å²) in [6, 6.07) is 22.9. The number of benzene rings is 2. The smallest absolute Gasteiger partial charge is 0.339 e. The van der Waals surface area contributed by atoms with Crippen molar-refractivity contribution in [1.29, 1.82) is 0 Å². The van der Waals surface area contributed by atoms with E-state index in [9.17, 15) is 9.59 Å². The highest BCUT2D eigenvalue weighted by Crippen LogP contribution is 2.25. The van der Waals surface area contributed by atoms with Gasteiger partial charge >= 0.3 is 5.97 Å². The van der Waals surface area contributed by atoms with Gasteiger partial charge in [-0.2, -0.15) is 5.10 Å². The number of nitrogens with zero attached hydrogens (tertiary/aromatic N) is 4. The highest BCUT2D eigenvalue weighted by atomic mass is 16.5. The summed E-state index contributed by atoms with van der Waals surface area (Å²) in [5.41, 5.74) is 4.71. The molecule has 0 fully saturated rings. The average molecular weight is 455 g/mol. The standard InChI is InChI=1S/C27H26N4O3/c1-4-34-27(33)23-15-16-24(28-19(23)2)26(32)30(3)17-21-18-31(22-13-9-6-10-14-22)29-25(21)20-11-7-5-8-12-20/h5-16,18H,4,17H2,1-3H3. The Labute approximate surface area is 198 Å². The van der Waals surface area contributed by atoms with Crippen molar-refractivity contribution in [3.8, 4) is 16.9 Å². The molecular formula is C27H26N4O3. The van der Waals surface area contributed by atoms with Gasteiger partial charge in [0, 0.05) is 30.9 Å². The summed E-state index contributed by atoms with van der Waals surface area (Å²) >= 11 is 0. The fraction of sp³-hybridized carbons (Fsp3) is 0.185. The molecule has 0 N–H and O–H groups in total. The molecule has 2 aromatic carbocycles. The van der Waals surface area contributed by atoms with Crippen LogP contribution in [0.2, 0.25) is 0 Å². The Morgan fingerprint density at radius 2 is 1.65 bits per heavy atom. The first-order valence-corrected chi connectivity index (χ1v) is 11.1. The number of hydrogen-bond donors (Lipinski definition) is 0. The van der Waals surface area contributed by atoms with Crippen molar-refractivity contribution < 1.29 is 14.3 Å². The second-order valence-electron chi connectivity index (χ2n) is 7.86. The molecule has 0 atom stereocenters. The van der Waals surface area contributed by atoms with Crippen LogP contribution in [-0.2, 0) is 11.3 Å². The normalized spacial score (nSPS) is 10.7. The van der Waals surface area contributed by atoms with Crippen molar-refractivity contribution in [2.24, 2.45) is 0 Å². The fourth-order valence-corrected chi connectivity index (χ4v) is 3.71. The number of carbonyl (C=O) groups is 2. The molecule has 4 rings (SSSR count). The van der Waals surface area contributed by atoms with E-state index in [1.165, 1.54) is 0 Å². The molecule has 0 spiro atoms. The molecule has 0 radical (unpaired) electrons. The van der Waals surface area contributed by atoms with Crippen molar-refractivity contribution in [2.75, 3.05) is 13.7 Å². The zero-order valence-electron chi connectivity index (χ0n) is 19.4. The third-order valence-electron chi connectivity index (χ3n) is 5.41. The lowest BCUT2D eigenvalue weighted by Crippen LogP contribution is -2.27. The second kappa shape index (κ2) is 10.1. The molecule has 7 heteroatoms. The molecule has 0 aliphatic heterocycles. The topological polar surface area (TPSA) is 77.3 Å². The van der Waals surface area contributed by atoms with Gasteiger partial charge in [-0.05, 0) is 38.1 Å². The number of para-hydroxylation sites is 1. The number of amides is 1. The van der Waals surface area contributed by atoms with E-state index < -0.39 is 5.97 Å². The van der Waals surface area contributed by atoms with Gasteiger partial charge in [-0.15, -0.1) is 0 Å². The maximum absolute atomic E-state index is 13.2. The van der Waals surface area contributed by atoms with Crippen LogP contribution in [0, 0.1) is 6.92 Å². The molecule has 2 heterocycles. The Kier molecular flexibility index (Phi) is 6.82. The average Bonchev–Trinajstić information content (AvgIpc) is 3.28. The lowest BCUT2D eigenvalue weighted by atomic mass is 10.1. The number of esters is 1. The number of ether oxygens (including phenoxy) is 1. The van der Waals surface area contributed by atoms with Crippen LogP contribution in [-0.4, -0.2) is 45.2 Å². The van der Waals surface area contributed by atoms with Crippen LogP contribution in [0.4, 0.5) is 0 Å². The van der Waals surface area contributed by atoms with Gasteiger partial charge < -0.3 is 9.64 Å². The molecular weight excluding hydrogens is 428 g/mol. The molecule has 0 saturated heterocycles. The van der Waals surface area contributed by atoms with E-state index in [2.05, 4.69) is 4.98 Å². The molecule has 0 bridgehead atoms. The van der Waals surface area contributed by atoms with E-state index in [1.54, 1.807) is 37.9 Å². The molecule has 0 saturated carbocycles. The predicted octanol–water partition coefficient (Wildman–Crippen LogP) is 4.69. The van der Waals surface area contributed by atoms with Gasteiger partial charge in [-0.1, -0.05) is 48.5 Å². The fourth-order valence-electron chi connectivity index (χ4n) is 3.71. The summed E-state index contributed by atoms with van der Waals surface area (Å²) in [4.78, 5) is 31.2. The maximum Gasteiger partial charge on any atom is 0.339 e. The molecule has 4 aromatic rings. The first-order chi connectivity index (χ1) is 16.5.